The third kappa shape index (κ3) is 2.12. The van der Waals surface area contributed by atoms with Crippen LogP contribution < -0.4 is 5.32 Å². The first kappa shape index (κ1) is 10.7. The molecular weight excluding hydrogens is 160 g/mol. The predicted molar refractivity (Wildman–Crippen MR) is 57.7 cm³/mol. The molecule has 1 rings (SSSR count). The van der Waals surface area contributed by atoms with E-state index < -0.39 is 0 Å². The van der Waals surface area contributed by atoms with Crippen molar-refractivity contribution in [1.29, 1.82) is 0 Å². The molecule has 13 heavy (non-hydrogen) atoms. The van der Waals surface area contributed by atoms with E-state index in [1.807, 2.05) is 6.08 Å². The summed E-state index contributed by atoms with van der Waals surface area (Å²) in [7, 11) is 0. The molecule has 2 heteroatoms. The molecule has 0 radical (unpaired) electrons. The third-order valence-corrected chi connectivity index (χ3v) is 3.06. The number of likely N-dealkylation sites (N-methyl/N-ethyl adjacent to an activating group) is 1. The second-order valence-corrected chi connectivity index (χ2v) is 3.78. The van der Waals surface area contributed by atoms with Crippen LogP contribution in [-0.2, 0) is 0 Å². The summed E-state index contributed by atoms with van der Waals surface area (Å²) in [5.74, 6) is 0. The molecule has 2 nitrogen and oxygen atoms in total. The second-order valence-electron chi connectivity index (χ2n) is 3.78. The number of nitrogens with zero attached hydrogens (tertiary/aromatic N) is 1. The molecule has 1 aliphatic heterocycles. The van der Waals surface area contributed by atoms with Crippen LogP contribution in [0.2, 0.25) is 0 Å². The van der Waals surface area contributed by atoms with Gasteiger partial charge in [-0.3, -0.25) is 10.2 Å². The first-order valence-corrected chi connectivity index (χ1v) is 5.37. The topological polar surface area (TPSA) is 15.3 Å². The van der Waals surface area contributed by atoms with Gasteiger partial charge in [0.25, 0.3) is 0 Å². The summed E-state index contributed by atoms with van der Waals surface area (Å²) < 4.78 is 0. The maximum absolute atomic E-state index is 3.83. The van der Waals surface area contributed by atoms with Crippen LogP contribution in [0.5, 0.6) is 0 Å². The number of rotatable bonds is 4. The Morgan fingerprint density at radius 3 is 2.62 bits per heavy atom. The van der Waals surface area contributed by atoms with Crippen molar-refractivity contribution in [3.63, 3.8) is 0 Å². The number of nitrogens with one attached hydrogen (secondary N) is 1. The summed E-state index contributed by atoms with van der Waals surface area (Å²) in [6.07, 6.45) is 4.87. The van der Waals surface area contributed by atoms with E-state index in [1.54, 1.807) is 0 Å². The summed E-state index contributed by atoms with van der Waals surface area (Å²) >= 11 is 0. The molecule has 3 unspecified atom stereocenters. The molecule has 1 N–H and O–H groups in total. The zero-order valence-corrected chi connectivity index (χ0v) is 9.09. The molecule has 0 bridgehead atoms. The number of hydrogen-bond donors (Lipinski definition) is 1. The Bertz CT molecular complexity index is 167. The van der Waals surface area contributed by atoms with Crippen molar-refractivity contribution < 1.29 is 0 Å². The molecule has 1 fully saturated rings. The third-order valence-electron chi connectivity index (χ3n) is 3.06. The van der Waals surface area contributed by atoms with Crippen molar-refractivity contribution in [2.24, 2.45) is 0 Å². The average Bonchev–Trinajstić information content (AvgIpc) is 2.43. The summed E-state index contributed by atoms with van der Waals surface area (Å²) in [6, 6.07) is 1.30. The van der Waals surface area contributed by atoms with Crippen LogP contribution in [0, 0.1) is 0 Å². The minimum absolute atomic E-state index is 0.528. The fourth-order valence-corrected chi connectivity index (χ4v) is 2.40. The van der Waals surface area contributed by atoms with E-state index >= 15 is 0 Å². The van der Waals surface area contributed by atoms with E-state index in [9.17, 15) is 0 Å². The Balaban J connectivity index is 2.65. The summed E-state index contributed by atoms with van der Waals surface area (Å²) in [6.45, 7) is 11.7. The van der Waals surface area contributed by atoms with E-state index in [0.717, 1.165) is 13.0 Å². The molecule has 0 amide bonds. The second kappa shape index (κ2) is 4.77. The number of hydrogen-bond acceptors (Lipinski definition) is 2. The van der Waals surface area contributed by atoms with Crippen LogP contribution in [0.4, 0.5) is 0 Å². The van der Waals surface area contributed by atoms with Crippen LogP contribution >= 0.6 is 0 Å². The highest BCUT2D eigenvalue weighted by Gasteiger charge is 2.35. The fraction of sp³-hybridized carbons (Fsp3) is 0.818. The smallest absolute Gasteiger partial charge is 0.0573 e. The Morgan fingerprint density at radius 2 is 2.15 bits per heavy atom. The van der Waals surface area contributed by atoms with Gasteiger partial charge < -0.3 is 0 Å². The SMILES string of the molecule is C=CCC1C(CC)NC(C)N1CC. The quantitative estimate of drug-likeness (QED) is 0.669. The van der Waals surface area contributed by atoms with Crippen LogP contribution in [0.3, 0.4) is 0 Å². The Labute approximate surface area is 82.0 Å². The Hall–Kier alpha value is -0.340. The van der Waals surface area contributed by atoms with Gasteiger partial charge in [0, 0.05) is 12.1 Å². The van der Waals surface area contributed by atoms with E-state index in [-0.39, 0.29) is 0 Å². The van der Waals surface area contributed by atoms with E-state index in [1.165, 1.54) is 6.42 Å². The van der Waals surface area contributed by atoms with Gasteiger partial charge in [0.1, 0.15) is 0 Å². The fourth-order valence-electron chi connectivity index (χ4n) is 2.40. The van der Waals surface area contributed by atoms with Crippen LogP contribution in [0.25, 0.3) is 0 Å². The van der Waals surface area contributed by atoms with Crippen molar-refractivity contribution in [2.75, 3.05) is 6.54 Å². The van der Waals surface area contributed by atoms with E-state index in [0.29, 0.717) is 18.2 Å². The highest BCUT2D eigenvalue weighted by molar-refractivity contribution is 4.96. The summed E-state index contributed by atoms with van der Waals surface area (Å²) in [5, 5.41) is 3.62. The maximum atomic E-state index is 3.83. The van der Waals surface area contributed by atoms with Crippen LogP contribution in [-0.4, -0.2) is 29.7 Å². The average molecular weight is 182 g/mol. The summed E-state index contributed by atoms with van der Waals surface area (Å²) in [4.78, 5) is 2.52. The monoisotopic (exact) mass is 182 g/mol. The van der Waals surface area contributed by atoms with Crippen molar-refractivity contribution in [3.8, 4) is 0 Å². The lowest BCUT2D eigenvalue weighted by molar-refractivity contribution is 0.205. The minimum Gasteiger partial charge on any atom is -0.298 e. The van der Waals surface area contributed by atoms with E-state index in [2.05, 4.69) is 37.6 Å². The standard InChI is InChI=1S/C11H22N2/c1-5-8-11-10(6-2)12-9(4)13(11)7-3/h5,9-12H,1,6-8H2,2-4H3. The lowest BCUT2D eigenvalue weighted by atomic mass is 10.0. The zero-order valence-electron chi connectivity index (χ0n) is 9.09. The highest BCUT2D eigenvalue weighted by atomic mass is 15.4. The molecule has 0 saturated carbocycles. The molecule has 76 valence electrons. The van der Waals surface area contributed by atoms with Gasteiger partial charge in [0.15, 0.2) is 0 Å². The van der Waals surface area contributed by atoms with Gasteiger partial charge in [0.2, 0.25) is 0 Å². The molecule has 0 aliphatic carbocycles. The largest absolute Gasteiger partial charge is 0.298 e. The molecule has 1 heterocycles. The molecule has 1 aliphatic rings. The van der Waals surface area contributed by atoms with Crippen LogP contribution in [0.1, 0.15) is 33.6 Å². The molecular formula is C11H22N2. The van der Waals surface area contributed by atoms with Crippen molar-refractivity contribution in [2.45, 2.75) is 51.9 Å². The molecule has 0 spiro atoms. The normalized spacial score (nSPS) is 35.2. The van der Waals surface area contributed by atoms with Gasteiger partial charge in [-0.1, -0.05) is 19.9 Å². The van der Waals surface area contributed by atoms with Crippen molar-refractivity contribution >= 4 is 0 Å². The lowest BCUT2D eigenvalue weighted by Gasteiger charge is -2.26. The molecule has 0 aromatic heterocycles. The van der Waals surface area contributed by atoms with Crippen LogP contribution in [0.15, 0.2) is 12.7 Å². The summed E-state index contributed by atoms with van der Waals surface area (Å²) in [5.41, 5.74) is 0. The van der Waals surface area contributed by atoms with Gasteiger partial charge in [-0.15, -0.1) is 6.58 Å². The van der Waals surface area contributed by atoms with Gasteiger partial charge in [-0.25, -0.2) is 0 Å². The van der Waals surface area contributed by atoms with Gasteiger partial charge >= 0.3 is 0 Å². The van der Waals surface area contributed by atoms with Gasteiger partial charge in [0.05, 0.1) is 6.17 Å². The first-order valence-electron chi connectivity index (χ1n) is 5.37. The lowest BCUT2D eigenvalue weighted by Crippen LogP contribution is -2.37. The molecule has 0 aromatic rings. The van der Waals surface area contributed by atoms with Crippen molar-refractivity contribution in [3.05, 3.63) is 12.7 Å². The first-order chi connectivity index (χ1) is 6.24. The minimum atomic E-state index is 0.528. The molecule has 0 aromatic carbocycles. The molecule has 1 saturated heterocycles. The van der Waals surface area contributed by atoms with Gasteiger partial charge in [-0.2, -0.15) is 0 Å². The van der Waals surface area contributed by atoms with Crippen molar-refractivity contribution in [1.82, 2.24) is 10.2 Å². The maximum Gasteiger partial charge on any atom is 0.0573 e. The zero-order chi connectivity index (χ0) is 9.84. The predicted octanol–water partition coefficient (Wildman–Crippen LogP) is 1.98. The van der Waals surface area contributed by atoms with Gasteiger partial charge in [-0.05, 0) is 26.3 Å². The highest BCUT2D eigenvalue weighted by Crippen LogP contribution is 2.21. The Kier molecular flexibility index (Phi) is 3.94. The molecule has 3 atom stereocenters. The Morgan fingerprint density at radius 1 is 1.46 bits per heavy atom. The van der Waals surface area contributed by atoms with E-state index in [4.69, 9.17) is 0 Å².